The van der Waals surface area contributed by atoms with E-state index in [4.69, 9.17) is 0 Å². The predicted octanol–water partition coefficient (Wildman–Crippen LogP) is 1.88. The molecule has 2 heteroatoms. The van der Waals surface area contributed by atoms with Gasteiger partial charge in [0.2, 0.25) is 0 Å². The summed E-state index contributed by atoms with van der Waals surface area (Å²) in [6, 6.07) is 0.655. The summed E-state index contributed by atoms with van der Waals surface area (Å²) < 4.78 is 0. The molecule has 0 aliphatic rings. The first-order chi connectivity index (χ1) is 6.26. The molecule has 0 heterocycles. The van der Waals surface area contributed by atoms with Gasteiger partial charge in [0, 0.05) is 12.6 Å². The van der Waals surface area contributed by atoms with E-state index in [2.05, 4.69) is 37.6 Å². The first kappa shape index (κ1) is 12.7. The number of hydrogen-bond acceptors (Lipinski definition) is 2. The van der Waals surface area contributed by atoms with Gasteiger partial charge in [0.15, 0.2) is 0 Å². The second kappa shape index (κ2) is 8.27. The summed E-state index contributed by atoms with van der Waals surface area (Å²) >= 11 is 0. The Bertz CT molecular complexity index is 123. The molecule has 0 saturated carbocycles. The number of nitrogens with zero attached hydrogens (tertiary/aromatic N) is 1. The van der Waals surface area contributed by atoms with Crippen LogP contribution in [0, 0.1) is 0 Å². The number of likely N-dealkylation sites (N-methyl/N-ethyl adjacent to an activating group) is 1. The quantitative estimate of drug-likeness (QED) is 0.458. The first-order valence-electron chi connectivity index (χ1n) is 5.31. The topological polar surface area (TPSA) is 15.3 Å². The summed E-state index contributed by atoms with van der Waals surface area (Å²) in [5.74, 6) is 0. The molecule has 0 spiro atoms. The van der Waals surface area contributed by atoms with Gasteiger partial charge in [-0.05, 0) is 33.0 Å². The molecule has 0 aliphatic carbocycles. The van der Waals surface area contributed by atoms with E-state index in [-0.39, 0.29) is 0 Å². The molecule has 0 aromatic heterocycles. The third-order valence-electron chi connectivity index (χ3n) is 2.38. The fourth-order valence-electron chi connectivity index (χ4n) is 1.46. The van der Waals surface area contributed by atoms with Crippen LogP contribution < -0.4 is 5.32 Å². The SMILES string of the molecule is C=CCN(CC)C(C)CCNCC. The van der Waals surface area contributed by atoms with Crippen molar-refractivity contribution in [3.63, 3.8) is 0 Å². The number of nitrogens with one attached hydrogen (secondary N) is 1. The number of rotatable bonds is 8. The molecule has 0 aliphatic heterocycles. The fraction of sp³-hybridized carbons (Fsp3) is 0.818. The van der Waals surface area contributed by atoms with Crippen LogP contribution in [-0.4, -0.2) is 37.1 Å². The second-order valence-corrected chi connectivity index (χ2v) is 3.37. The van der Waals surface area contributed by atoms with Crippen LogP contribution in [-0.2, 0) is 0 Å². The monoisotopic (exact) mass is 184 g/mol. The van der Waals surface area contributed by atoms with Gasteiger partial charge in [-0.15, -0.1) is 6.58 Å². The Balaban J connectivity index is 3.63. The molecule has 0 aromatic carbocycles. The van der Waals surface area contributed by atoms with E-state index in [0.29, 0.717) is 6.04 Å². The van der Waals surface area contributed by atoms with Crippen LogP contribution in [0.3, 0.4) is 0 Å². The van der Waals surface area contributed by atoms with Crippen molar-refractivity contribution < 1.29 is 0 Å². The molecule has 0 radical (unpaired) electrons. The van der Waals surface area contributed by atoms with E-state index >= 15 is 0 Å². The molecular weight excluding hydrogens is 160 g/mol. The van der Waals surface area contributed by atoms with Gasteiger partial charge >= 0.3 is 0 Å². The Morgan fingerprint density at radius 2 is 2.15 bits per heavy atom. The smallest absolute Gasteiger partial charge is 0.0163 e. The Kier molecular flexibility index (Phi) is 8.05. The first-order valence-corrected chi connectivity index (χ1v) is 5.31. The lowest BCUT2D eigenvalue weighted by Crippen LogP contribution is -2.35. The van der Waals surface area contributed by atoms with Gasteiger partial charge in [0.05, 0.1) is 0 Å². The molecular formula is C11H24N2. The van der Waals surface area contributed by atoms with Crippen molar-refractivity contribution in [3.8, 4) is 0 Å². The summed E-state index contributed by atoms with van der Waals surface area (Å²) in [6.07, 6.45) is 3.20. The Morgan fingerprint density at radius 3 is 2.62 bits per heavy atom. The molecule has 0 saturated heterocycles. The highest BCUT2D eigenvalue weighted by Gasteiger charge is 2.08. The molecule has 1 N–H and O–H groups in total. The molecule has 78 valence electrons. The van der Waals surface area contributed by atoms with E-state index in [9.17, 15) is 0 Å². The van der Waals surface area contributed by atoms with Gasteiger partial charge in [-0.1, -0.05) is 19.9 Å². The van der Waals surface area contributed by atoms with E-state index in [1.807, 2.05) is 6.08 Å². The van der Waals surface area contributed by atoms with Crippen LogP contribution in [0.25, 0.3) is 0 Å². The Morgan fingerprint density at radius 1 is 1.46 bits per heavy atom. The van der Waals surface area contributed by atoms with Crippen molar-refractivity contribution in [1.82, 2.24) is 10.2 Å². The minimum Gasteiger partial charge on any atom is -0.317 e. The lowest BCUT2D eigenvalue weighted by atomic mass is 10.2. The molecule has 1 unspecified atom stereocenters. The van der Waals surface area contributed by atoms with Crippen LogP contribution >= 0.6 is 0 Å². The van der Waals surface area contributed by atoms with Crippen molar-refractivity contribution in [1.29, 1.82) is 0 Å². The van der Waals surface area contributed by atoms with Gasteiger partial charge in [0.25, 0.3) is 0 Å². The molecule has 0 bridgehead atoms. The minimum atomic E-state index is 0.655. The lowest BCUT2D eigenvalue weighted by Gasteiger charge is -2.26. The van der Waals surface area contributed by atoms with Crippen molar-refractivity contribution in [2.75, 3.05) is 26.2 Å². The van der Waals surface area contributed by atoms with Gasteiger partial charge in [-0.3, -0.25) is 4.90 Å². The van der Waals surface area contributed by atoms with Gasteiger partial charge in [-0.2, -0.15) is 0 Å². The normalized spacial score (nSPS) is 13.2. The van der Waals surface area contributed by atoms with E-state index < -0.39 is 0 Å². The van der Waals surface area contributed by atoms with Crippen molar-refractivity contribution >= 4 is 0 Å². The largest absolute Gasteiger partial charge is 0.317 e. The average Bonchev–Trinajstić information content (AvgIpc) is 2.14. The summed E-state index contributed by atoms with van der Waals surface area (Å²) in [4.78, 5) is 2.43. The van der Waals surface area contributed by atoms with E-state index in [1.165, 1.54) is 6.42 Å². The summed E-state index contributed by atoms with van der Waals surface area (Å²) in [5, 5.41) is 3.35. The molecule has 0 amide bonds. The third-order valence-corrected chi connectivity index (χ3v) is 2.38. The molecule has 1 atom stereocenters. The predicted molar refractivity (Wildman–Crippen MR) is 60.1 cm³/mol. The Hall–Kier alpha value is -0.340. The minimum absolute atomic E-state index is 0.655. The van der Waals surface area contributed by atoms with Gasteiger partial charge < -0.3 is 5.32 Å². The maximum atomic E-state index is 3.77. The summed E-state index contributed by atoms with van der Waals surface area (Å²) in [5.41, 5.74) is 0. The molecule has 2 nitrogen and oxygen atoms in total. The summed E-state index contributed by atoms with van der Waals surface area (Å²) in [7, 11) is 0. The molecule has 13 heavy (non-hydrogen) atoms. The van der Waals surface area contributed by atoms with Crippen molar-refractivity contribution in [3.05, 3.63) is 12.7 Å². The molecule has 0 aromatic rings. The maximum Gasteiger partial charge on any atom is 0.0163 e. The van der Waals surface area contributed by atoms with Crippen LogP contribution in [0.5, 0.6) is 0 Å². The highest BCUT2D eigenvalue weighted by molar-refractivity contribution is 4.76. The molecule has 0 rings (SSSR count). The van der Waals surface area contributed by atoms with Crippen LogP contribution in [0.4, 0.5) is 0 Å². The van der Waals surface area contributed by atoms with Crippen LogP contribution in [0.1, 0.15) is 27.2 Å². The van der Waals surface area contributed by atoms with Crippen molar-refractivity contribution in [2.24, 2.45) is 0 Å². The zero-order valence-electron chi connectivity index (χ0n) is 9.34. The van der Waals surface area contributed by atoms with Gasteiger partial charge in [0.1, 0.15) is 0 Å². The van der Waals surface area contributed by atoms with Crippen LogP contribution in [0.15, 0.2) is 12.7 Å². The Labute approximate surface area is 83.0 Å². The average molecular weight is 184 g/mol. The molecule has 0 fully saturated rings. The second-order valence-electron chi connectivity index (χ2n) is 3.37. The third kappa shape index (κ3) is 5.83. The zero-order valence-corrected chi connectivity index (χ0v) is 9.34. The van der Waals surface area contributed by atoms with E-state index in [1.54, 1.807) is 0 Å². The zero-order chi connectivity index (χ0) is 10.1. The van der Waals surface area contributed by atoms with Gasteiger partial charge in [-0.25, -0.2) is 0 Å². The fourth-order valence-corrected chi connectivity index (χ4v) is 1.46. The maximum absolute atomic E-state index is 3.77. The number of hydrogen-bond donors (Lipinski definition) is 1. The van der Waals surface area contributed by atoms with E-state index in [0.717, 1.165) is 26.2 Å². The van der Waals surface area contributed by atoms with Crippen molar-refractivity contribution in [2.45, 2.75) is 33.2 Å². The lowest BCUT2D eigenvalue weighted by molar-refractivity contribution is 0.231. The highest BCUT2D eigenvalue weighted by atomic mass is 15.1. The highest BCUT2D eigenvalue weighted by Crippen LogP contribution is 2.02. The standard InChI is InChI=1S/C11H24N2/c1-5-10-13(7-3)11(4)8-9-12-6-2/h5,11-12H,1,6-10H2,2-4H3. The summed E-state index contributed by atoms with van der Waals surface area (Å²) in [6.45, 7) is 14.7. The van der Waals surface area contributed by atoms with Crippen LogP contribution in [0.2, 0.25) is 0 Å².